The van der Waals surface area contributed by atoms with Crippen LogP contribution >= 0.6 is 0 Å². The molecule has 0 aromatic carbocycles. The van der Waals surface area contributed by atoms with Crippen molar-refractivity contribution in [2.45, 2.75) is 39.2 Å². The summed E-state index contributed by atoms with van der Waals surface area (Å²) < 4.78 is 18.9. The first-order valence-corrected chi connectivity index (χ1v) is 7.35. The minimum absolute atomic E-state index is 0.250. The fourth-order valence-electron chi connectivity index (χ4n) is 3.45. The molecule has 109 valence electrons. The number of hydrogen-bond donors (Lipinski definition) is 1. The molecule has 2 heterocycles. The SMILES string of the molecule is C[C](C)CC1CC12CN[C@H](COc1cccnc1F)C2. The largest absolute Gasteiger partial charge is 0.487 e. The summed E-state index contributed by atoms with van der Waals surface area (Å²) in [5.74, 6) is 2.07. The first-order valence-electron chi connectivity index (χ1n) is 7.35. The third-order valence-electron chi connectivity index (χ3n) is 4.57. The van der Waals surface area contributed by atoms with Gasteiger partial charge in [0.25, 0.3) is 5.95 Å². The summed E-state index contributed by atoms with van der Waals surface area (Å²) >= 11 is 0. The molecule has 3 rings (SSSR count). The normalized spacial score (nSPS) is 32.0. The molecule has 1 aliphatic heterocycles. The lowest BCUT2D eigenvalue weighted by Crippen LogP contribution is -2.28. The van der Waals surface area contributed by atoms with Gasteiger partial charge in [-0.1, -0.05) is 13.8 Å². The van der Waals surface area contributed by atoms with Gasteiger partial charge in [-0.15, -0.1) is 0 Å². The Morgan fingerprint density at radius 1 is 1.50 bits per heavy atom. The summed E-state index contributed by atoms with van der Waals surface area (Å²) in [5.41, 5.74) is 0.485. The van der Waals surface area contributed by atoms with E-state index in [1.165, 1.54) is 25.0 Å². The molecule has 3 nitrogen and oxygen atoms in total. The molecule has 1 aliphatic carbocycles. The standard InChI is InChI=1S/C16H22FN2O/c1-11(2)6-12-7-16(12)8-13(19-10-16)9-20-14-4-3-5-18-15(14)17/h3-5,12-13,19H,6-10H2,1-2H3/t12?,13-,16?/m0/s1. The van der Waals surface area contributed by atoms with E-state index in [0.717, 1.165) is 18.9 Å². The zero-order chi connectivity index (χ0) is 14.2. The van der Waals surface area contributed by atoms with Gasteiger partial charge in [-0.25, -0.2) is 4.98 Å². The van der Waals surface area contributed by atoms with Gasteiger partial charge in [0.1, 0.15) is 6.61 Å². The second-order valence-electron chi connectivity index (χ2n) is 6.56. The van der Waals surface area contributed by atoms with Crippen LogP contribution < -0.4 is 10.1 Å². The number of ether oxygens (including phenoxy) is 1. The Kier molecular flexibility index (Phi) is 3.67. The van der Waals surface area contributed by atoms with Crippen LogP contribution in [0.1, 0.15) is 33.1 Å². The van der Waals surface area contributed by atoms with E-state index in [2.05, 4.69) is 24.1 Å². The number of rotatable bonds is 5. The van der Waals surface area contributed by atoms with Crippen molar-refractivity contribution in [2.24, 2.45) is 11.3 Å². The molecule has 2 unspecified atom stereocenters. The molecule has 1 saturated carbocycles. The van der Waals surface area contributed by atoms with E-state index >= 15 is 0 Å². The van der Waals surface area contributed by atoms with Crippen LogP contribution in [0.3, 0.4) is 0 Å². The molecule has 1 spiro atoms. The van der Waals surface area contributed by atoms with Crippen LogP contribution in [0.15, 0.2) is 18.3 Å². The van der Waals surface area contributed by atoms with Crippen molar-refractivity contribution in [3.05, 3.63) is 30.2 Å². The predicted octanol–water partition coefficient (Wildman–Crippen LogP) is 2.97. The molecule has 2 fully saturated rings. The number of nitrogens with zero attached hydrogens (tertiary/aromatic N) is 1. The minimum Gasteiger partial charge on any atom is -0.487 e. The smallest absolute Gasteiger partial charge is 0.255 e. The second-order valence-corrected chi connectivity index (χ2v) is 6.56. The highest BCUT2D eigenvalue weighted by Gasteiger charge is 2.57. The maximum Gasteiger partial charge on any atom is 0.255 e. The van der Waals surface area contributed by atoms with E-state index in [1.54, 1.807) is 12.1 Å². The average molecular weight is 277 g/mol. The van der Waals surface area contributed by atoms with Gasteiger partial charge in [-0.2, -0.15) is 4.39 Å². The Morgan fingerprint density at radius 3 is 3.10 bits per heavy atom. The van der Waals surface area contributed by atoms with Crippen LogP contribution in [-0.4, -0.2) is 24.2 Å². The molecule has 2 aliphatic rings. The minimum atomic E-state index is -0.527. The molecule has 1 aromatic heterocycles. The van der Waals surface area contributed by atoms with Crippen molar-refractivity contribution in [3.63, 3.8) is 0 Å². The molecule has 1 N–H and O–H groups in total. The van der Waals surface area contributed by atoms with Gasteiger partial charge < -0.3 is 10.1 Å². The van der Waals surface area contributed by atoms with Crippen molar-refractivity contribution in [1.29, 1.82) is 0 Å². The fourth-order valence-corrected chi connectivity index (χ4v) is 3.45. The van der Waals surface area contributed by atoms with Crippen LogP contribution in [0.4, 0.5) is 4.39 Å². The number of hydrogen-bond acceptors (Lipinski definition) is 3. The van der Waals surface area contributed by atoms with E-state index in [0.29, 0.717) is 18.1 Å². The predicted molar refractivity (Wildman–Crippen MR) is 75.8 cm³/mol. The average Bonchev–Trinajstić information content (AvgIpc) is 2.88. The first-order chi connectivity index (χ1) is 9.59. The van der Waals surface area contributed by atoms with E-state index < -0.39 is 5.95 Å². The number of nitrogens with one attached hydrogen (secondary N) is 1. The van der Waals surface area contributed by atoms with Gasteiger partial charge in [0.05, 0.1) is 0 Å². The van der Waals surface area contributed by atoms with Gasteiger partial charge >= 0.3 is 0 Å². The van der Waals surface area contributed by atoms with Gasteiger partial charge in [-0.05, 0) is 48.6 Å². The lowest BCUT2D eigenvalue weighted by Gasteiger charge is -2.13. The highest BCUT2D eigenvalue weighted by molar-refractivity contribution is 5.18. The third-order valence-corrected chi connectivity index (χ3v) is 4.57. The third kappa shape index (κ3) is 2.80. The highest BCUT2D eigenvalue weighted by atomic mass is 19.1. The molecular formula is C16H22FN2O. The summed E-state index contributed by atoms with van der Waals surface area (Å²) in [4.78, 5) is 3.60. The maximum absolute atomic E-state index is 13.4. The van der Waals surface area contributed by atoms with Crippen LogP contribution in [-0.2, 0) is 0 Å². The van der Waals surface area contributed by atoms with Crippen LogP contribution in [0.5, 0.6) is 5.75 Å². The molecular weight excluding hydrogens is 255 g/mol. The Hall–Kier alpha value is -1.16. The van der Waals surface area contributed by atoms with Gasteiger partial charge in [0.15, 0.2) is 5.75 Å². The number of aromatic nitrogens is 1. The van der Waals surface area contributed by atoms with Crippen molar-refractivity contribution in [3.8, 4) is 5.75 Å². The van der Waals surface area contributed by atoms with Gasteiger partial charge in [0, 0.05) is 18.8 Å². The molecule has 4 heteroatoms. The Balaban J connectivity index is 1.49. The lowest BCUT2D eigenvalue weighted by molar-refractivity contribution is 0.258. The van der Waals surface area contributed by atoms with Gasteiger partial charge in [-0.3, -0.25) is 0 Å². The lowest BCUT2D eigenvalue weighted by atomic mass is 9.95. The van der Waals surface area contributed by atoms with Crippen LogP contribution in [0.2, 0.25) is 0 Å². The first kappa shape index (κ1) is 13.8. The monoisotopic (exact) mass is 277 g/mol. The van der Waals surface area contributed by atoms with Crippen molar-refractivity contribution >= 4 is 0 Å². The summed E-state index contributed by atoms with van der Waals surface area (Å²) in [6.07, 6.45) is 5.14. The number of halogens is 1. The molecule has 0 amide bonds. The molecule has 1 saturated heterocycles. The summed E-state index contributed by atoms with van der Waals surface area (Å²) in [6, 6.07) is 3.65. The van der Waals surface area contributed by atoms with E-state index in [1.807, 2.05) is 0 Å². The van der Waals surface area contributed by atoms with Crippen molar-refractivity contribution in [1.82, 2.24) is 10.3 Å². The van der Waals surface area contributed by atoms with Gasteiger partial charge in [0.2, 0.25) is 0 Å². The summed E-state index contributed by atoms with van der Waals surface area (Å²) in [6.45, 7) is 6.01. The van der Waals surface area contributed by atoms with E-state index in [4.69, 9.17) is 4.74 Å². The zero-order valence-corrected chi connectivity index (χ0v) is 12.2. The second kappa shape index (κ2) is 5.32. The molecule has 0 bridgehead atoms. The molecule has 1 aromatic rings. The van der Waals surface area contributed by atoms with Crippen LogP contribution in [0.25, 0.3) is 0 Å². The van der Waals surface area contributed by atoms with Crippen molar-refractivity contribution in [2.75, 3.05) is 13.2 Å². The Bertz CT molecular complexity index is 479. The zero-order valence-electron chi connectivity index (χ0n) is 12.2. The summed E-state index contributed by atoms with van der Waals surface area (Å²) in [5, 5.41) is 3.53. The summed E-state index contributed by atoms with van der Waals surface area (Å²) in [7, 11) is 0. The molecule has 1 radical (unpaired) electrons. The maximum atomic E-state index is 13.4. The topological polar surface area (TPSA) is 34.1 Å². The molecule has 3 atom stereocenters. The highest BCUT2D eigenvalue weighted by Crippen LogP contribution is 2.60. The van der Waals surface area contributed by atoms with Crippen molar-refractivity contribution < 1.29 is 9.13 Å². The fraction of sp³-hybridized carbons (Fsp3) is 0.625. The molecule has 20 heavy (non-hydrogen) atoms. The van der Waals surface area contributed by atoms with Crippen LogP contribution in [0, 0.1) is 23.2 Å². The quantitative estimate of drug-likeness (QED) is 0.840. The Morgan fingerprint density at radius 2 is 2.35 bits per heavy atom. The van der Waals surface area contributed by atoms with E-state index in [9.17, 15) is 4.39 Å². The Labute approximate surface area is 119 Å². The van der Waals surface area contributed by atoms with E-state index in [-0.39, 0.29) is 5.75 Å². The number of pyridine rings is 1.